The minimum absolute atomic E-state index is 0.0900. The summed E-state index contributed by atoms with van der Waals surface area (Å²) in [5.41, 5.74) is 1.48. The molecule has 2 aliphatic rings. The number of hydrogen-bond donors (Lipinski definition) is 2. The van der Waals surface area contributed by atoms with Crippen molar-refractivity contribution >= 4 is 12.2 Å². The summed E-state index contributed by atoms with van der Waals surface area (Å²) in [6.45, 7) is 6.01. The first-order chi connectivity index (χ1) is 10.9. The normalized spacial score (nSPS) is 26.6. The number of carbonyl (C=O) groups excluding carboxylic acids is 2. The molecule has 2 fully saturated rings. The van der Waals surface area contributed by atoms with E-state index in [9.17, 15) is 14.0 Å². The van der Waals surface area contributed by atoms with Crippen LogP contribution in [0, 0.1) is 5.92 Å². The highest BCUT2D eigenvalue weighted by Gasteiger charge is 2.44. The SMILES string of the molecule is CC(C)c1cc(C=O)n[nH]1.CN1CC[C@H](NC(=O)[C@@H]2CC2F)C1. The molecule has 1 saturated carbocycles. The molecule has 0 spiro atoms. The van der Waals surface area contributed by atoms with E-state index in [-0.39, 0.29) is 17.9 Å². The Hall–Kier alpha value is -1.76. The van der Waals surface area contributed by atoms with Gasteiger partial charge in [0.25, 0.3) is 0 Å². The Morgan fingerprint density at radius 2 is 2.26 bits per heavy atom. The molecule has 2 N–H and O–H groups in total. The van der Waals surface area contributed by atoms with Crippen molar-refractivity contribution in [3.8, 4) is 0 Å². The molecular formula is C16H25FN4O2. The Kier molecular flexibility index (Phi) is 5.87. The molecule has 7 heteroatoms. The number of likely N-dealkylation sites (tertiary alicyclic amines) is 1. The minimum atomic E-state index is -0.876. The van der Waals surface area contributed by atoms with E-state index in [1.165, 1.54) is 0 Å². The van der Waals surface area contributed by atoms with Crippen LogP contribution in [0.1, 0.15) is 48.8 Å². The molecule has 1 aromatic heterocycles. The number of H-pyrrole nitrogens is 1. The Labute approximate surface area is 135 Å². The van der Waals surface area contributed by atoms with Gasteiger partial charge in [-0.2, -0.15) is 5.10 Å². The van der Waals surface area contributed by atoms with Gasteiger partial charge in [-0.15, -0.1) is 0 Å². The summed E-state index contributed by atoms with van der Waals surface area (Å²) >= 11 is 0. The second kappa shape index (κ2) is 7.68. The van der Waals surface area contributed by atoms with Gasteiger partial charge in [0.15, 0.2) is 6.29 Å². The number of nitrogens with one attached hydrogen (secondary N) is 2. The smallest absolute Gasteiger partial charge is 0.226 e. The summed E-state index contributed by atoms with van der Waals surface area (Å²) in [4.78, 5) is 23.6. The maximum Gasteiger partial charge on any atom is 0.226 e. The molecule has 1 unspecified atom stereocenters. The van der Waals surface area contributed by atoms with Gasteiger partial charge in [0.1, 0.15) is 11.9 Å². The largest absolute Gasteiger partial charge is 0.352 e. The van der Waals surface area contributed by atoms with Crippen LogP contribution in [0.4, 0.5) is 4.39 Å². The predicted octanol–water partition coefficient (Wildman–Crippen LogP) is 1.51. The van der Waals surface area contributed by atoms with E-state index < -0.39 is 6.17 Å². The van der Waals surface area contributed by atoms with E-state index in [1.54, 1.807) is 6.07 Å². The molecule has 0 aromatic carbocycles. The molecule has 0 bridgehead atoms. The number of likely N-dealkylation sites (N-methyl/N-ethyl adjacent to an activating group) is 1. The number of nitrogens with zero attached hydrogens (tertiary/aromatic N) is 2. The van der Waals surface area contributed by atoms with Gasteiger partial charge in [-0.05, 0) is 38.4 Å². The van der Waals surface area contributed by atoms with Crippen molar-refractivity contribution in [3.63, 3.8) is 0 Å². The van der Waals surface area contributed by atoms with Gasteiger partial charge >= 0.3 is 0 Å². The van der Waals surface area contributed by atoms with Gasteiger partial charge in [-0.3, -0.25) is 14.7 Å². The van der Waals surface area contributed by atoms with Crippen LogP contribution < -0.4 is 5.32 Å². The number of aldehydes is 1. The van der Waals surface area contributed by atoms with Crippen molar-refractivity contribution in [3.05, 3.63) is 17.5 Å². The molecule has 1 aliphatic heterocycles. The lowest BCUT2D eigenvalue weighted by atomic mass is 10.1. The number of amides is 1. The topological polar surface area (TPSA) is 78.1 Å². The lowest BCUT2D eigenvalue weighted by molar-refractivity contribution is -0.123. The van der Waals surface area contributed by atoms with Crippen LogP contribution >= 0.6 is 0 Å². The van der Waals surface area contributed by atoms with Gasteiger partial charge in [-0.1, -0.05) is 13.8 Å². The van der Waals surface area contributed by atoms with E-state index in [0.717, 1.165) is 31.5 Å². The van der Waals surface area contributed by atoms with Gasteiger partial charge < -0.3 is 10.2 Å². The molecule has 1 saturated heterocycles. The molecule has 2 heterocycles. The molecule has 128 valence electrons. The van der Waals surface area contributed by atoms with Crippen LogP contribution in [0.5, 0.6) is 0 Å². The number of rotatable bonds is 4. The first-order valence-corrected chi connectivity index (χ1v) is 8.04. The monoisotopic (exact) mass is 324 g/mol. The van der Waals surface area contributed by atoms with Crippen LogP contribution in [-0.2, 0) is 4.79 Å². The van der Waals surface area contributed by atoms with Crippen molar-refractivity contribution < 1.29 is 14.0 Å². The number of halogens is 1. The molecule has 3 atom stereocenters. The van der Waals surface area contributed by atoms with Gasteiger partial charge in [-0.25, -0.2) is 4.39 Å². The summed E-state index contributed by atoms with van der Waals surface area (Å²) < 4.78 is 12.5. The first-order valence-electron chi connectivity index (χ1n) is 8.04. The van der Waals surface area contributed by atoms with E-state index >= 15 is 0 Å². The third kappa shape index (κ3) is 5.13. The zero-order valence-electron chi connectivity index (χ0n) is 13.9. The van der Waals surface area contributed by atoms with Crippen LogP contribution in [0.3, 0.4) is 0 Å². The Morgan fingerprint density at radius 1 is 1.57 bits per heavy atom. The van der Waals surface area contributed by atoms with E-state index in [0.29, 0.717) is 18.0 Å². The van der Waals surface area contributed by atoms with Crippen molar-refractivity contribution in [1.82, 2.24) is 20.4 Å². The maximum absolute atomic E-state index is 12.5. The number of alkyl halides is 1. The Morgan fingerprint density at radius 3 is 2.65 bits per heavy atom. The van der Waals surface area contributed by atoms with Crippen molar-refractivity contribution in [2.24, 2.45) is 5.92 Å². The molecule has 23 heavy (non-hydrogen) atoms. The Balaban J connectivity index is 0.000000174. The molecular weight excluding hydrogens is 299 g/mol. The summed E-state index contributed by atoms with van der Waals surface area (Å²) in [5, 5.41) is 9.42. The lowest BCUT2D eigenvalue weighted by Gasteiger charge is -2.12. The second-order valence-corrected chi connectivity index (χ2v) is 6.64. The standard InChI is InChI=1S/C9H15FN2O.C7H10N2O/c1-12-3-2-6(5-12)11-9(13)7-4-8(7)10;1-5(2)7-3-6(4-10)8-9-7/h6-8H,2-5H2,1H3,(H,11,13);3-5H,1-2H3,(H,8,9)/t6-,7+,8?;/m0./s1. The van der Waals surface area contributed by atoms with Crippen LogP contribution in [0.2, 0.25) is 0 Å². The van der Waals surface area contributed by atoms with Gasteiger partial charge in [0, 0.05) is 18.3 Å². The number of hydrogen-bond acceptors (Lipinski definition) is 4. The average molecular weight is 324 g/mol. The maximum atomic E-state index is 12.5. The van der Waals surface area contributed by atoms with Crippen LogP contribution in [0.15, 0.2) is 6.07 Å². The highest BCUT2D eigenvalue weighted by Crippen LogP contribution is 2.33. The van der Waals surface area contributed by atoms with Crippen LogP contribution in [-0.4, -0.2) is 59.6 Å². The fourth-order valence-electron chi connectivity index (χ4n) is 2.51. The summed E-state index contributed by atoms with van der Waals surface area (Å²) in [6.07, 6.45) is 1.28. The number of aromatic amines is 1. The summed E-state index contributed by atoms with van der Waals surface area (Å²) in [5.74, 6) is -0.0279. The molecule has 1 aromatic rings. The quantitative estimate of drug-likeness (QED) is 0.823. The molecule has 1 aliphatic carbocycles. The first kappa shape index (κ1) is 17.6. The number of carbonyl (C=O) groups is 2. The highest BCUT2D eigenvalue weighted by molar-refractivity contribution is 5.82. The average Bonchev–Trinajstić information content (AvgIpc) is 2.92. The van der Waals surface area contributed by atoms with Gasteiger partial charge in [0.2, 0.25) is 5.91 Å². The third-order valence-electron chi connectivity index (χ3n) is 4.15. The predicted molar refractivity (Wildman–Crippen MR) is 85.1 cm³/mol. The third-order valence-corrected chi connectivity index (χ3v) is 4.15. The minimum Gasteiger partial charge on any atom is -0.352 e. The number of aromatic nitrogens is 2. The van der Waals surface area contributed by atoms with Crippen LogP contribution in [0.25, 0.3) is 0 Å². The van der Waals surface area contributed by atoms with Crippen molar-refractivity contribution in [1.29, 1.82) is 0 Å². The zero-order valence-corrected chi connectivity index (χ0v) is 13.9. The van der Waals surface area contributed by atoms with Gasteiger partial charge in [0.05, 0.1) is 5.92 Å². The summed E-state index contributed by atoms with van der Waals surface area (Å²) in [6, 6.07) is 2.00. The molecule has 1 amide bonds. The second-order valence-electron chi connectivity index (χ2n) is 6.64. The molecule has 6 nitrogen and oxygen atoms in total. The highest BCUT2D eigenvalue weighted by atomic mass is 19.1. The van der Waals surface area contributed by atoms with Crippen molar-refractivity contribution in [2.45, 2.75) is 44.8 Å². The molecule has 0 radical (unpaired) electrons. The fourth-order valence-corrected chi connectivity index (χ4v) is 2.51. The van der Waals surface area contributed by atoms with E-state index in [1.807, 2.05) is 20.9 Å². The fraction of sp³-hybridized carbons (Fsp3) is 0.688. The van der Waals surface area contributed by atoms with Crippen molar-refractivity contribution in [2.75, 3.05) is 20.1 Å². The molecule has 3 rings (SSSR count). The zero-order chi connectivity index (χ0) is 17.0. The summed E-state index contributed by atoms with van der Waals surface area (Å²) in [7, 11) is 2.03. The van der Waals surface area contributed by atoms with E-state index in [4.69, 9.17) is 0 Å². The Bertz CT molecular complexity index is 546. The lowest BCUT2D eigenvalue weighted by Crippen LogP contribution is -2.37. The van der Waals surface area contributed by atoms with E-state index in [2.05, 4.69) is 20.4 Å².